The maximum absolute atomic E-state index is 12.9. The lowest BCUT2D eigenvalue weighted by Crippen LogP contribution is -2.33. The SMILES string of the molecule is O=C(CCC1NC(=O)N(c2cccc3ccccc23)C1=O)NCCc1ccc(O)cc1. The minimum absolute atomic E-state index is 0.135. The van der Waals surface area contributed by atoms with Crippen LogP contribution in [0, 0.1) is 0 Å². The molecule has 0 bridgehead atoms. The van der Waals surface area contributed by atoms with Gasteiger partial charge in [-0.2, -0.15) is 0 Å². The summed E-state index contributed by atoms with van der Waals surface area (Å²) < 4.78 is 0. The number of rotatable bonds is 7. The van der Waals surface area contributed by atoms with Gasteiger partial charge in [-0.05, 0) is 42.0 Å². The van der Waals surface area contributed by atoms with Gasteiger partial charge in [0.05, 0.1) is 5.69 Å². The van der Waals surface area contributed by atoms with Gasteiger partial charge in [0.25, 0.3) is 5.91 Å². The van der Waals surface area contributed by atoms with Gasteiger partial charge in [0.15, 0.2) is 0 Å². The standard InChI is InChI=1S/C24H23N3O4/c28-18-10-8-16(9-11-18)14-15-25-22(29)13-12-20-23(30)27(24(31)26-20)21-7-3-5-17-4-1-2-6-19(17)21/h1-11,20,28H,12-15H2,(H,25,29)(H,26,31). The van der Waals surface area contributed by atoms with Crippen LogP contribution in [0.25, 0.3) is 10.8 Å². The summed E-state index contributed by atoms with van der Waals surface area (Å²) in [6, 6.07) is 18.7. The van der Waals surface area contributed by atoms with E-state index in [1.807, 2.05) is 36.4 Å². The quantitative estimate of drug-likeness (QED) is 0.515. The van der Waals surface area contributed by atoms with Gasteiger partial charge in [-0.1, -0.05) is 48.5 Å². The number of fused-ring (bicyclic) bond motifs is 1. The molecule has 31 heavy (non-hydrogen) atoms. The van der Waals surface area contributed by atoms with Crippen molar-refractivity contribution in [3.63, 3.8) is 0 Å². The van der Waals surface area contributed by atoms with Gasteiger partial charge >= 0.3 is 6.03 Å². The Morgan fingerprint density at radius 1 is 1.00 bits per heavy atom. The first-order valence-corrected chi connectivity index (χ1v) is 10.2. The van der Waals surface area contributed by atoms with E-state index in [2.05, 4.69) is 10.6 Å². The molecule has 3 aromatic rings. The number of carbonyl (C=O) groups is 3. The predicted molar refractivity (Wildman–Crippen MR) is 118 cm³/mol. The van der Waals surface area contributed by atoms with E-state index in [0.717, 1.165) is 21.2 Å². The van der Waals surface area contributed by atoms with E-state index in [1.165, 1.54) is 0 Å². The number of phenols is 1. The summed E-state index contributed by atoms with van der Waals surface area (Å²) >= 11 is 0. The summed E-state index contributed by atoms with van der Waals surface area (Å²) in [7, 11) is 0. The Bertz CT molecular complexity index is 1120. The first kappa shape index (κ1) is 20.4. The second-order valence-electron chi connectivity index (χ2n) is 7.48. The molecule has 1 fully saturated rings. The van der Waals surface area contributed by atoms with Gasteiger partial charge in [0, 0.05) is 18.4 Å². The second kappa shape index (κ2) is 8.87. The molecule has 0 aliphatic carbocycles. The monoisotopic (exact) mass is 417 g/mol. The van der Waals surface area contributed by atoms with Gasteiger partial charge in [-0.25, -0.2) is 9.69 Å². The summed E-state index contributed by atoms with van der Waals surface area (Å²) in [6.07, 6.45) is 1.01. The molecule has 1 heterocycles. The van der Waals surface area contributed by atoms with Crippen molar-refractivity contribution < 1.29 is 19.5 Å². The molecule has 1 aliphatic heterocycles. The number of phenolic OH excluding ortho intramolecular Hbond substituents is 1. The van der Waals surface area contributed by atoms with E-state index < -0.39 is 12.1 Å². The van der Waals surface area contributed by atoms with Gasteiger partial charge < -0.3 is 15.7 Å². The normalized spacial score (nSPS) is 15.9. The summed E-state index contributed by atoms with van der Waals surface area (Å²) in [6.45, 7) is 0.455. The fraction of sp³-hybridized carbons (Fsp3) is 0.208. The highest BCUT2D eigenvalue weighted by molar-refractivity contribution is 6.24. The Hall–Kier alpha value is -3.87. The molecule has 4 amide bonds. The van der Waals surface area contributed by atoms with Gasteiger partial charge in [0.1, 0.15) is 11.8 Å². The van der Waals surface area contributed by atoms with Crippen LogP contribution >= 0.6 is 0 Å². The third-order valence-electron chi connectivity index (χ3n) is 5.36. The fourth-order valence-electron chi connectivity index (χ4n) is 3.73. The van der Waals surface area contributed by atoms with Crippen LogP contribution in [-0.4, -0.2) is 35.5 Å². The zero-order chi connectivity index (χ0) is 21.8. The van der Waals surface area contributed by atoms with Crippen molar-refractivity contribution >= 4 is 34.3 Å². The molecule has 1 aliphatic rings. The van der Waals surface area contributed by atoms with E-state index in [0.29, 0.717) is 18.7 Å². The Morgan fingerprint density at radius 3 is 2.55 bits per heavy atom. The average Bonchev–Trinajstić information content (AvgIpc) is 3.06. The highest BCUT2D eigenvalue weighted by atomic mass is 16.3. The molecule has 3 aromatic carbocycles. The van der Waals surface area contributed by atoms with Crippen molar-refractivity contribution in [1.29, 1.82) is 0 Å². The van der Waals surface area contributed by atoms with E-state index in [-0.39, 0.29) is 30.4 Å². The topological polar surface area (TPSA) is 98.7 Å². The molecule has 0 saturated carbocycles. The molecule has 4 rings (SSSR count). The van der Waals surface area contributed by atoms with Crippen LogP contribution in [0.3, 0.4) is 0 Å². The highest BCUT2D eigenvalue weighted by Crippen LogP contribution is 2.29. The maximum atomic E-state index is 12.9. The molecule has 158 valence electrons. The zero-order valence-electron chi connectivity index (χ0n) is 16.9. The number of carbonyl (C=O) groups excluding carboxylic acids is 3. The predicted octanol–water partition coefficient (Wildman–Crippen LogP) is 3.11. The minimum atomic E-state index is -0.727. The largest absolute Gasteiger partial charge is 0.508 e. The van der Waals surface area contributed by atoms with Crippen molar-refractivity contribution in [2.75, 3.05) is 11.4 Å². The number of anilines is 1. The third kappa shape index (κ3) is 4.50. The molecular formula is C24H23N3O4. The summed E-state index contributed by atoms with van der Waals surface area (Å²) in [4.78, 5) is 38.7. The number of nitrogens with one attached hydrogen (secondary N) is 2. The van der Waals surface area contributed by atoms with Crippen molar-refractivity contribution in [3.05, 3.63) is 72.3 Å². The Labute approximate surface area is 179 Å². The number of hydrogen-bond donors (Lipinski definition) is 3. The van der Waals surface area contributed by atoms with E-state index in [9.17, 15) is 19.5 Å². The first-order chi connectivity index (χ1) is 15.0. The number of nitrogens with zero attached hydrogens (tertiary/aromatic N) is 1. The molecule has 0 aromatic heterocycles. The van der Waals surface area contributed by atoms with Crippen molar-refractivity contribution in [2.24, 2.45) is 0 Å². The van der Waals surface area contributed by atoms with Crippen molar-refractivity contribution in [1.82, 2.24) is 10.6 Å². The average molecular weight is 417 g/mol. The second-order valence-corrected chi connectivity index (χ2v) is 7.48. The van der Waals surface area contributed by atoms with Crippen molar-refractivity contribution in [2.45, 2.75) is 25.3 Å². The number of benzene rings is 3. The van der Waals surface area contributed by atoms with Crippen LogP contribution in [-0.2, 0) is 16.0 Å². The maximum Gasteiger partial charge on any atom is 0.329 e. The van der Waals surface area contributed by atoms with E-state index >= 15 is 0 Å². The molecule has 1 unspecified atom stereocenters. The molecule has 0 spiro atoms. The van der Waals surface area contributed by atoms with Crippen LogP contribution < -0.4 is 15.5 Å². The number of hydrogen-bond acceptors (Lipinski definition) is 4. The smallest absolute Gasteiger partial charge is 0.329 e. The number of urea groups is 1. The Kier molecular flexibility index (Phi) is 5.84. The van der Waals surface area contributed by atoms with Crippen LogP contribution in [0.2, 0.25) is 0 Å². The van der Waals surface area contributed by atoms with E-state index in [4.69, 9.17) is 0 Å². The lowest BCUT2D eigenvalue weighted by molar-refractivity contribution is -0.121. The van der Waals surface area contributed by atoms with Gasteiger partial charge in [-0.15, -0.1) is 0 Å². The number of imide groups is 1. The van der Waals surface area contributed by atoms with Gasteiger partial charge in [-0.3, -0.25) is 9.59 Å². The van der Waals surface area contributed by atoms with Gasteiger partial charge in [0.2, 0.25) is 5.91 Å². The third-order valence-corrected chi connectivity index (χ3v) is 5.36. The van der Waals surface area contributed by atoms with Crippen molar-refractivity contribution in [3.8, 4) is 5.75 Å². The van der Waals surface area contributed by atoms with E-state index in [1.54, 1.807) is 30.3 Å². The Morgan fingerprint density at radius 2 is 1.74 bits per heavy atom. The lowest BCUT2D eigenvalue weighted by atomic mass is 10.1. The molecule has 0 radical (unpaired) electrons. The molecule has 7 nitrogen and oxygen atoms in total. The van der Waals surface area contributed by atoms with Crippen LogP contribution in [0.5, 0.6) is 5.75 Å². The molecule has 7 heteroatoms. The Balaban J connectivity index is 1.32. The summed E-state index contributed by atoms with van der Waals surface area (Å²) in [5, 5.41) is 16.6. The fourth-order valence-corrected chi connectivity index (χ4v) is 3.73. The molecular weight excluding hydrogens is 394 g/mol. The number of aromatic hydroxyl groups is 1. The minimum Gasteiger partial charge on any atom is -0.508 e. The lowest BCUT2D eigenvalue weighted by Gasteiger charge is -2.15. The number of amides is 4. The molecule has 1 saturated heterocycles. The summed E-state index contributed by atoms with van der Waals surface area (Å²) in [5.74, 6) is -0.323. The van der Waals surface area contributed by atoms with Crippen LogP contribution in [0.4, 0.5) is 10.5 Å². The summed E-state index contributed by atoms with van der Waals surface area (Å²) in [5.41, 5.74) is 1.54. The molecule has 1 atom stereocenters. The van der Waals surface area contributed by atoms with Crippen LogP contribution in [0.15, 0.2) is 66.7 Å². The highest BCUT2D eigenvalue weighted by Gasteiger charge is 2.39. The first-order valence-electron chi connectivity index (χ1n) is 10.2. The van der Waals surface area contributed by atoms with Crippen LogP contribution in [0.1, 0.15) is 18.4 Å². The molecule has 3 N–H and O–H groups in total. The zero-order valence-corrected chi connectivity index (χ0v) is 16.9.